The van der Waals surface area contributed by atoms with Crippen LogP contribution in [0.25, 0.3) is 11.0 Å². The molecule has 1 aromatic heterocycles. The molecule has 2 nitrogen and oxygen atoms in total. The zero-order chi connectivity index (χ0) is 13.2. The highest BCUT2D eigenvalue weighted by molar-refractivity contribution is 9.11. The van der Waals surface area contributed by atoms with Crippen molar-refractivity contribution in [1.29, 1.82) is 0 Å². The van der Waals surface area contributed by atoms with Crippen molar-refractivity contribution < 1.29 is 0 Å². The zero-order valence-electron chi connectivity index (χ0n) is 11.1. The SMILES string of the molecule is C=C(Br)Cn1c(C2CCCCC2)nc2ccccc21. The molecule has 0 bridgehead atoms. The minimum atomic E-state index is 0.619. The molecule has 0 amide bonds. The van der Waals surface area contributed by atoms with Crippen molar-refractivity contribution in [2.45, 2.75) is 44.6 Å². The summed E-state index contributed by atoms with van der Waals surface area (Å²) in [5, 5.41) is 0. The second kappa shape index (κ2) is 5.49. The topological polar surface area (TPSA) is 17.8 Å². The molecule has 0 saturated heterocycles. The molecule has 1 saturated carbocycles. The predicted octanol–water partition coefficient (Wildman–Crippen LogP) is 4.99. The Morgan fingerprint density at radius 2 is 2.00 bits per heavy atom. The molecule has 100 valence electrons. The Labute approximate surface area is 122 Å². The van der Waals surface area contributed by atoms with Crippen LogP contribution in [-0.4, -0.2) is 9.55 Å². The third kappa shape index (κ3) is 2.62. The van der Waals surface area contributed by atoms with Gasteiger partial charge in [-0.2, -0.15) is 0 Å². The lowest BCUT2D eigenvalue weighted by Crippen LogP contribution is -2.12. The smallest absolute Gasteiger partial charge is 0.113 e. The van der Waals surface area contributed by atoms with Gasteiger partial charge in [0.15, 0.2) is 0 Å². The lowest BCUT2D eigenvalue weighted by Gasteiger charge is -2.22. The molecule has 1 aliphatic carbocycles. The maximum atomic E-state index is 4.89. The first kappa shape index (κ1) is 12.9. The van der Waals surface area contributed by atoms with Gasteiger partial charge in [-0.25, -0.2) is 4.98 Å². The molecule has 19 heavy (non-hydrogen) atoms. The molecular formula is C16H19BrN2. The van der Waals surface area contributed by atoms with Gasteiger partial charge in [-0.3, -0.25) is 0 Å². The summed E-state index contributed by atoms with van der Waals surface area (Å²) in [6.45, 7) is 4.80. The third-order valence-corrected chi connectivity index (χ3v) is 4.23. The molecule has 0 atom stereocenters. The maximum Gasteiger partial charge on any atom is 0.113 e. The summed E-state index contributed by atoms with van der Waals surface area (Å²) in [6.07, 6.45) is 6.60. The number of aromatic nitrogens is 2. The highest BCUT2D eigenvalue weighted by atomic mass is 79.9. The number of rotatable bonds is 3. The molecule has 1 aliphatic rings. The van der Waals surface area contributed by atoms with E-state index in [0.717, 1.165) is 16.5 Å². The number of benzene rings is 1. The van der Waals surface area contributed by atoms with Crippen molar-refractivity contribution in [3.63, 3.8) is 0 Å². The average molecular weight is 319 g/mol. The summed E-state index contributed by atoms with van der Waals surface area (Å²) in [5.41, 5.74) is 2.33. The number of nitrogens with zero attached hydrogens (tertiary/aromatic N) is 2. The van der Waals surface area contributed by atoms with E-state index < -0.39 is 0 Å². The van der Waals surface area contributed by atoms with Crippen LogP contribution in [0.2, 0.25) is 0 Å². The van der Waals surface area contributed by atoms with E-state index in [1.165, 1.54) is 43.4 Å². The van der Waals surface area contributed by atoms with Crippen molar-refractivity contribution in [3.05, 3.63) is 41.2 Å². The third-order valence-electron chi connectivity index (χ3n) is 3.98. The molecule has 2 aromatic rings. The largest absolute Gasteiger partial charge is 0.323 e. The summed E-state index contributed by atoms with van der Waals surface area (Å²) in [6, 6.07) is 8.41. The molecule has 3 rings (SSSR count). The number of allylic oxidation sites excluding steroid dienone is 1. The highest BCUT2D eigenvalue weighted by Crippen LogP contribution is 2.34. The summed E-state index contributed by atoms with van der Waals surface area (Å²) < 4.78 is 3.34. The van der Waals surface area contributed by atoms with Crippen LogP contribution in [0.1, 0.15) is 43.8 Å². The molecule has 3 heteroatoms. The minimum Gasteiger partial charge on any atom is -0.323 e. The van der Waals surface area contributed by atoms with Crippen molar-refractivity contribution in [1.82, 2.24) is 9.55 Å². The average Bonchev–Trinajstić information content (AvgIpc) is 2.78. The summed E-state index contributed by atoms with van der Waals surface area (Å²) in [7, 11) is 0. The Kier molecular flexibility index (Phi) is 3.74. The Bertz CT molecular complexity index is 594. The molecule has 0 radical (unpaired) electrons. The van der Waals surface area contributed by atoms with Gasteiger partial charge in [-0.1, -0.05) is 53.9 Å². The van der Waals surface area contributed by atoms with E-state index in [9.17, 15) is 0 Å². The molecule has 0 aliphatic heterocycles. The molecule has 1 fully saturated rings. The first-order valence-electron chi connectivity index (χ1n) is 7.04. The van der Waals surface area contributed by atoms with E-state index in [2.05, 4.69) is 51.3 Å². The van der Waals surface area contributed by atoms with E-state index in [1.54, 1.807) is 0 Å². The van der Waals surface area contributed by atoms with Gasteiger partial charge in [-0.15, -0.1) is 0 Å². The van der Waals surface area contributed by atoms with E-state index in [0.29, 0.717) is 5.92 Å². The quantitative estimate of drug-likeness (QED) is 0.779. The van der Waals surface area contributed by atoms with E-state index in [4.69, 9.17) is 4.98 Å². The maximum absolute atomic E-state index is 4.89. The van der Waals surface area contributed by atoms with Crippen LogP contribution in [0.4, 0.5) is 0 Å². The van der Waals surface area contributed by atoms with Crippen LogP contribution < -0.4 is 0 Å². The van der Waals surface area contributed by atoms with Gasteiger partial charge >= 0.3 is 0 Å². The second-order valence-electron chi connectivity index (χ2n) is 5.40. The number of fused-ring (bicyclic) bond motifs is 1. The first-order valence-corrected chi connectivity index (χ1v) is 7.83. The van der Waals surface area contributed by atoms with Gasteiger partial charge in [0.1, 0.15) is 5.82 Å². The predicted molar refractivity (Wildman–Crippen MR) is 83.6 cm³/mol. The van der Waals surface area contributed by atoms with Crippen LogP contribution in [0, 0.1) is 0 Å². The monoisotopic (exact) mass is 318 g/mol. The van der Waals surface area contributed by atoms with Gasteiger partial charge in [0.05, 0.1) is 17.6 Å². The first-order chi connectivity index (χ1) is 9.25. The lowest BCUT2D eigenvalue weighted by molar-refractivity contribution is 0.420. The van der Waals surface area contributed by atoms with Crippen LogP contribution in [0.3, 0.4) is 0 Å². The van der Waals surface area contributed by atoms with Gasteiger partial charge in [0.25, 0.3) is 0 Å². The van der Waals surface area contributed by atoms with Gasteiger partial charge in [-0.05, 0) is 25.0 Å². The Balaban J connectivity index is 2.07. The fourth-order valence-corrected chi connectivity index (χ4v) is 3.36. The summed E-state index contributed by atoms with van der Waals surface area (Å²) in [5.74, 6) is 1.87. The summed E-state index contributed by atoms with van der Waals surface area (Å²) in [4.78, 5) is 4.89. The number of halogens is 1. The van der Waals surface area contributed by atoms with E-state index in [-0.39, 0.29) is 0 Å². The zero-order valence-corrected chi connectivity index (χ0v) is 12.7. The fourth-order valence-electron chi connectivity index (χ4n) is 3.10. The standard InChI is InChI=1S/C16H19BrN2/c1-12(17)11-19-15-10-6-5-9-14(15)18-16(19)13-7-3-2-4-8-13/h5-6,9-10,13H,1-4,7-8,11H2. The van der Waals surface area contributed by atoms with Gasteiger partial charge in [0, 0.05) is 10.4 Å². The van der Waals surface area contributed by atoms with Crippen molar-refractivity contribution in [2.24, 2.45) is 0 Å². The molecule has 1 heterocycles. The Morgan fingerprint density at radius 1 is 1.26 bits per heavy atom. The van der Waals surface area contributed by atoms with E-state index in [1.807, 2.05) is 0 Å². The molecule has 0 unspecified atom stereocenters. The van der Waals surface area contributed by atoms with Crippen molar-refractivity contribution in [3.8, 4) is 0 Å². The normalized spacial score (nSPS) is 16.9. The van der Waals surface area contributed by atoms with Crippen molar-refractivity contribution >= 4 is 27.0 Å². The van der Waals surface area contributed by atoms with Crippen molar-refractivity contribution in [2.75, 3.05) is 0 Å². The highest BCUT2D eigenvalue weighted by Gasteiger charge is 2.22. The summed E-state index contributed by atoms with van der Waals surface area (Å²) >= 11 is 3.50. The minimum absolute atomic E-state index is 0.619. The van der Waals surface area contributed by atoms with Crippen LogP contribution in [-0.2, 0) is 6.54 Å². The molecular weight excluding hydrogens is 300 g/mol. The molecule has 1 aromatic carbocycles. The number of para-hydroxylation sites is 2. The van der Waals surface area contributed by atoms with Crippen LogP contribution in [0.15, 0.2) is 35.3 Å². The van der Waals surface area contributed by atoms with Crippen LogP contribution >= 0.6 is 15.9 Å². The molecule has 0 spiro atoms. The molecule has 0 N–H and O–H groups in total. The lowest BCUT2D eigenvalue weighted by atomic mass is 9.88. The Hall–Kier alpha value is -1.09. The Morgan fingerprint density at radius 3 is 2.74 bits per heavy atom. The second-order valence-corrected chi connectivity index (χ2v) is 6.52. The van der Waals surface area contributed by atoms with Gasteiger partial charge < -0.3 is 4.57 Å². The van der Waals surface area contributed by atoms with Gasteiger partial charge in [0.2, 0.25) is 0 Å². The number of hydrogen-bond donors (Lipinski definition) is 0. The number of imidazole rings is 1. The van der Waals surface area contributed by atoms with E-state index >= 15 is 0 Å². The fraction of sp³-hybridized carbons (Fsp3) is 0.438. The number of hydrogen-bond acceptors (Lipinski definition) is 1. The van der Waals surface area contributed by atoms with Crippen LogP contribution in [0.5, 0.6) is 0 Å².